The van der Waals surface area contributed by atoms with E-state index in [0.29, 0.717) is 50.2 Å². The van der Waals surface area contributed by atoms with Crippen molar-refractivity contribution >= 4 is 43.6 Å². The molecule has 0 radical (unpaired) electrons. The Balaban J connectivity index is 1.58. The highest BCUT2D eigenvalue weighted by atomic mass is 19.4. The Bertz CT molecular complexity index is 2660. The minimum Gasteiger partial charge on any atom is -0.308 e. The van der Waals surface area contributed by atoms with E-state index in [4.69, 9.17) is 0 Å². The third-order valence-corrected chi connectivity index (χ3v) is 9.03. The summed E-state index contributed by atoms with van der Waals surface area (Å²) in [5.74, 6) is 0. The van der Waals surface area contributed by atoms with Crippen LogP contribution >= 0.6 is 0 Å². The molecule has 0 fully saturated rings. The van der Waals surface area contributed by atoms with Crippen molar-refractivity contribution < 1.29 is 13.2 Å². The van der Waals surface area contributed by atoms with Crippen molar-refractivity contribution in [2.45, 2.75) is 13.1 Å². The topological polar surface area (TPSA) is 81.2 Å². The molecular weight excluding hydrogens is 619 g/mol. The van der Waals surface area contributed by atoms with Crippen LogP contribution in [0, 0.1) is 40.9 Å². The standard InChI is InChI=1S/C41H22F3N5/c1-24-14-27(18-29(15-24)41(42,43)44)28-19-39(48-35-8-4-2-6-30(35)32-12-10-25(21-45)16-37(32)48)34(23-47)40(20-28)49-36-9-5-3-7-31(36)33-13-11-26(22-46)17-38(33)49/h2-20H,1H3. The number of benzene rings is 6. The van der Waals surface area contributed by atoms with Gasteiger partial charge < -0.3 is 9.13 Å². The van der Waals surface area contributed by atoms with Crippen LogP contribution in [0.2, 0.25) is 0 Å². The third kappa shape index (κ3) is 4.60. The van der Waals surface area contributed by atoms with Gasteiger partial charge in [0, 0.05) is 21.5 Å². The number of alkyl halides is 3. The first kappa shape index (κ1) is 29.6. The van der Waals surface area contributed by atoms with Gasteiger partial charge in [-0.25, -0.2) is 0 Å². The first-order chi connectivity index (χ1) is 23.7. The second-order valence-electron chi connectivity index (χ2n) is 12.0. The quantitative estimate of drug-likeness (QED) is 0.192. The van der Waals surface area contributed by atoms with Crippen LogP contribution in [0.3, 0.4) is 0 Å². The summed E-state index contributed by atoms with van der Waals surface area (Å²) in [7, 11) is 0. The third-order valence-electron chi connectivity index (χ3n) is 9.03. The van der Waals surface area contributed by atoms with Crippen molar-refractivity contribution in [3.05, 3.63) is 143 Å². The summed E-state index contributed by atoms with van der Waals surface area (Å²) in [6, 6.07) is 40.4. The van der Waals surface area contributed by atoms with Crippen molar-refractivity contribution in [1.29, 1.82) is 15.8 Å². The highest BCUT2D eigenvalue weighted by Gasteiger charge is 2.31. The smallest absolute Gasteiger partial charge is 0.308 e. The lowest BCUT2D eigenvalue weighted by atomic mass is 9.96. The van der Waals surface area contributed by atoms with Gasteiger partial charge >= 0.3 is 6.18 Å². The zero-order valence-corrected chi connectivity index (χ0v) is 25.8. The lowest BCUT2D eigenvalue weighted by Crippen LogP contribution is -2.07. The molecule has 49 heavy (non-hydrogen) atoms. The Morgan fingerprint density at radius 2 is 0.980 bits per heavy atom. The number of halogens is 3. The lowest BCUT2D eigenvalue weighted by Gasteiger charge is -2.19. The van der Waals surface area contributed by atoms with Gasteiger partial charge in [0.15, 0.2) is 0 Å². The molecule has 0 saturated carbocycles. The largest absolute Gasteiger partial charge is 0.416 e. The molecule has 0 aliphatic carbocycles. The molecular formula is C41H22F3N5. The summed E-state index contributed by atoms with van der Waals surface area (Å²) in [6.07, 6.45) is -4.57. The summed E-state index contributed by atoms with van der Waals surface area (Å²) in [6.45, 7) is 1.62. The van der Waals surface area contributed by atoms with Crippen molar-refractivity contribution in [3.8, 4) is 40.7 Å². The summed E-state index contributed by atoms with van der Waals surface area (Å²) in [5, 5.41) is 34.2. The molecule has 0 bridgehead atoms. The van der Waals surface area contributed by atoms with Crippen molar-refractivity contribution in [2.24, 2.45) is 0 Å². The van der Waals surface area contributed by atoms with E-state index in [9.17, 15) is 29.0 Å². The minimum atomic E-state index is -4.57. The molecule has 0 unspecified atom stereocenters. The Morgan fingerprint density at radius 1 is 0.510 bits per heavy atom. The number of aryl methyl sites for hydroxylation is 1. The van der Waals surface area contributed by atoms with Gasteiger partial charge in [0.25, 0.3) is 0 Å². The minimum absolute atomic E-state index is 0.266. The number of hydrogen-bond acceptors (Lipinski definition) is 3. The molecule has 0 aliphatic heterocycles. The van der Waals surface area contributed by atoms with Crippen LogP contribution in [-0.2, 0) is 6.18 Å². The molecule has 0 amide bonds. The van der Waals surface area contributed by atoms with Crippen LogP contribution in [0.4, 0.5) is 13.2 Å². The number of hydrogen-bond donors (Lipinski definition) is 0. The van der Waals surface area contributed by atoms with E-state index in [1.54, 1.807) is 49.4 Å². The number of nitriles is 3. The van der Waals surface area contributed by atoms with E-state index in [-0.39, 0.29) is 5.56 Å². The second kappa shape index (κ2) is 10.9. The van der Waals surface area contributed by atoms with E-state index in [1.807, 2.05) is 69.8 Å². The van der Waals surface area contributed by atoms with Gasteiger partial charge in [-0.2, -0.15) is 29.0 Å². The van der Waals surface area contributed by atoms with E-state index in [0.717, 1.165) is 44.7 Å². The Morgan fingerprint density at radius 3 is 1.45 bits per heavy atom. The average Bonchev–Trinajstić information content (AvgIpc) is 3.62. The van der Waals surface area contributed by atoms with Crippen LogP contribution in [0.15, 0.2) is 115 Å². The van der Waals surface area contributed by atoms with Crippen molar-refractivity contribution in [1.82, 2.24) is 9.13 Å². The zero-order valence-electron chi connectivity index (χ0n) is 25.8. The van der Waals surface area contributed by atoms with E-state index < -0.39 is 11.7 Å². The number of rotatable bonds is 3. The van der Waals surface area contributed by atoms with Crippen molar-refractivity contribution in [2.75, 3.05) is 0 Å². The fraction of sp³-hybridized carbons (Fsp3) is 0.0488. The molecule has 0 saturated heterocycles. The maximum atomic E-state index is 14.1. The normalized spacial score (nSPS) is 11.6. The molecule has 2 aromatic heterocycles. The Labute approximate surface area is 278 Å². The van der Waals surface area contributed by atoms with Gasteiger partial charge in [-0.3, -0.25) is 0 Å². The fourth-order valence-corrected chi connectivity index (χ4v) is 6.96. The zero-order chi connectivity index (χ0) is 34.0. The highest BCUT2D eigenvalue weighted by molar-refractivity contribution is 6.11. The monoisotopic (exact) mass is 641 g/mol. The molecule has 2 heterocycles. The van der Waals surface area contributed by atoms with E-state index in [1.165, 1.54) is 0 Å². The van der Waals surface area contributed by atoms with Gasteiger partial charge in [-0.1, -0.05) is 54.6 Å². The fourth-order valence-electron chi connectivity index (χ4n) is 6.96. The van der Waals surface area contributed by atoms with Gasteiger partial charge in [0.1, 0.15) is 11.6 Å². The molecule has 232 valence electrons. The summed E-state index contributed by atoms with van der Waals surface area (Å²) < 4.78 is 46.2. The Kier molecular flexibility index (Phi) is 6.56. The molecule has 0 aliphatic rings. The highest BCUT2D eigenvalue weighted by Crippen LogP contribution is 2.41. The number of nitrogens with zero attached hydrogens (tertiary/aromatic N) is 5. The second-order valence-corrected chi connectivity index (χ2v) is 12.0. The maximum Gasteiger partial charge on any atom is 0.416 e. The predicted molar refractivity (Wildman–Crippen MR) is 184 cm³/mol. The summed E-state index contributed by atoms with van der Waals surface area (Å²) in [4.78, 5) is 0. The van der Waals surface area contributed by atoms with Crippen molar-refractivity contribution in [3.63, 3.8) is 0 Å². The SMILES string of the molecule is Cc1cc(-c2cc(-n3c4ccccc4c4ccc(C#N)cc43)c(C#N)c(-n3c4ccccc4c4ccc(C#N)cc43)c2)cc(C(F)(F)F)c1. The molecule has 8 heteroatoms. The van der Waals surface area contributed by atoms with Crippen LogP contribution in [0.25, 0.3) is 66.1 Å². The Hall–Kier alpha value is -6.82. The molecule has 0 N–H and O–H groups in total. The summed E-state index contributed by atoms with van der Waals surface area (Å²) >= 11 is 0. The number of aromatic nitrogens is 2. The van der Waals surface area contributed by atoms with Gasteiger partial charge in [-0.15, -0.1) is 0 Å². The molecule has 0 atom stereocenters. The molecule has 8 aromatic rings. The first-order valence-corrected chi connectivity index (χ1v) is 15.3. The van der Waals surface area contributed by atoms with Gasteiger partial charge in [0.2, 0.25) is 0 Å². The van der Waals surface area contributed by atoms with Crippen LogP contribution < -0.4 is 0 Å². The molecule has 0 spiro atoms. The first-order valence-electron chi connectivity index (χ1n) is 15.3. The van der Waals surface area contributed by atoms with E-state index in [2.05, 4.69) is 18.2 Å². The number of fused-ring (bicyclic) bond motifs is 6. The lowest BCUT2D eigenvalue weighted by molar-refractivity contribution is -0.137. The predicted octanol–water partition coefficient (Wildman–Crippen LogP) is 10.5. The molecule has 8 rings (SSSR count). The van der Waals surface area contributed by atoms with Crippen LogP contribution in [-0.4, -0.2) is 9.13 Å². The van der Waals surface area contributed by atoms with Crippen LogP contribution in [0.1, 0.15) is 27.8 Å². The van der Waals surface area contributed by atoms with Gasteiger partial charge in [0.05, 0.1) is 62.3 Å². The number of para-hydroxylation sites is 2. The summed E-state index contributed by atoms with van der Waals surface area (Å²) in [5.41, 5.74) is 5.32. The average molecular weight is 642 g/mol. The maximum absolute atomic E-state index is 14.1. The van der Waals surface area contributed by atoms with Crippen LogP contribution in [0.5, 0.6) is 0 Å². The van der Waals surface area contributed by atoms with Gasteiger partial charge in [-0.05, 0) is 84.3 Å². The van der Waals surface area contributed by atoms with E-state index >= 15 is 0 Å². The molecule has 6 aromatic carbocycles. The molecule has 5 nitrogen and oxygen atoms in total.